The Kier molecular flexibility index (Phi) is 4.98. The van der Waals surface area contributed by atoms with E-state index < -0.39 is 0 Å². The molecule has 1 N–H and O–H groups in total. The Hall–Kier alpha value is -1.55. The second kappa shape index (κ2) is 7.14. The first kappa shape index (κ1) is 15.3. The van der Waals surface area contributed by atoms with E-state index in [9.17, 15) is 4.79 Å². The van der Waals surface area contributed by atoms with Crippen molar-refractivity contribution in [1.82, 2.24) is 10.2 Å². The lowest BCUT2D eigenvalue weighted by Crippen LogP contribution is -2.45. The summed E-state index contributed by atoms with van der Waals surface area (Å²) in [4.78, 5) is 14.5. The fourth-order valence-corrected chi connectivity index (χ4v) is 3.11. The number of hydrogen-bond acceptors (Lipinski definition) is 3. The number of nitrogens with one attached hydrogen (secondary N) is 1. The molecule has 1 saturated carbocycles. The second-order valence-corrected chi connectivity index (χ2v) is 6.50. The first-order chi connectivity index (χ1) is 10.8. The molecule has 0 unspecified atom stereocenters. The zero-order chi connectivity index (χ0) is 15.4. The highest BCUT2D eigenvalue weighted by atomic mass is 16.5. The molecule has 1 heterocycles. The van der Waals surface area contributed by atoms with Crippen molar-refractivity contribution in [2.24, 2.45) is 5.92 Å². The Labute approximate surface area is 132 Å². The van der Waals surface area contributed by atoms with Crippen LogP contribution in [0.15, 0.2) is 24.3 Å². The molecule has 2 aliphatic rings. The van der Waals surface area contributed by atoms with Crippen LogP contribution in [0.5, 0.6) is 5.75 Å². The predicted molar refractivity (Wildman–Crippen MR) is 87.0 cm³/mol. The number of methoxy groups -OCH3 is 1. The maximum absolute atomic E-state index is 12.5. The number of likely N-dealkylation sites (tertiary alicyclic amines) is 1. The number of ether oxygens (including phenoxy) is 1. The Morgan fingerprint density at radius 1 is 1.23 bits per heavy atom. The highest BCUT2D eigenvalue weighted by Crippen LogP contribution is 2.28. The van der Waals surface area contributed by atoms with Crippen molar-refractivity contribution >= 4 is 5.91 Å². The van der Waals surface area contributed by atoms with Gasteiger partial charge in [-0.15, -0.1) is 0 Å². The van der Waals surface area contributed by atoms with Crippen molar-refractivity contribution in [2.75, 3.05) is 26.7 Å². The first-order valence-electron chi connectivity index (χ1n) is 8.39. The van der Waals surface area contributed by atoms with Crippen molar-refractivity contribution in [3.05, 3.63) is 29.8 Å². The van der Waals surface area contributed by atoms with Crippen molar-refractivity contribution in [2.45, 2.75) is 38.1 Å². The van der Waals surface area contributed by atoms with E-state index in [1.54, 1.807) is 7.11 Å². The van der Waals surface area contributed by atoms with Crippen molar-refractivity contribution in [3.63, 3.8) is 0 Å². The van der Waals surface area contributed by atoms with Gasteiger partial charge in [-0.25, -0.2) is 0 Å². The molecule has 0 spiro atoms. The molecule has 0 bridgehead atoms. The van der Waals surface area contributed by atoms with Crippen LogP contribution >= 0.6 is 0 Å². The molecule has 0 aromatic heterocycles. The number of carbonyl (C=O) groups is 1. The van der Waals surface area contributed by atoms with Gasteiger partial charge in [0.25, 0.3) is 0 Å². The molecule has 22 heavy (non-hydrogen) atoms. The summed E-state index contributed by atoms with van der Waals surface area (Å²) in [5, 5.41) is 3.65. The van der Waals surface area contributed by atoms with Crippen LogP contribution in [0.25, 0.3) is 0 Å². The van der Waals surface area contributed by atoms with Crippen LogP contribution in [-0.4, -0.2) is 43.6 Å². The normalized spacial score (nSPS) is 19.2. The van der Waals surface area contributed by atoms with E-state index >= 15 is 0 Å². The monoisotopic (exact) mass is 302 g/mol. The molecule has 1 amide bonds. The van der Waals surface area contributed by atoms with Gasteiger partial charge in [-0.1, -0.05) is 18.2 Å². The number of nitrogens with zero attached hydrogens (tertiary/aromatic N) is 1. The third kappa shape index (κ3) is 4.01. The Morgan fingerprint density at radius 3 is 2.64 bits per heavy atom. The van der Waals surface area contributed by atoms with Gasteiger partial charge in [0.2, 0.25) is 5.91 Å². The molecule has 2 fully saturated rings. The third-order valence-corrected chi connectivity index (χ3v) is 4.77. The van der Waals surface area contributed by atoms with Gasteiger partial charge in [-0.05, 0) is 44.2 Å². The topological polar surface area (TPSA) is 41.6 Å². The number of benzene rings is 1. The van der Waals surface area contributed by atoms with Crippen molar-refractivity contribution in [3.8, 4) is 5.75 Å². The van der Waals surface area contributed by atoms with Gasteiger partial charge in [-0.2, -0.15) is 0 Å². The minimum absolute atomic E-state index is 0.213. The minimum atomic E-state index is 0.213. The van der Waals surface area contributed by atoms with Gasteiger partial charge in [0.15, 0.2) is 0 Å². The number of rotatable bonds is 6. The maximum atomic E-state index is 12.5. The highest BCUT2D eigenvalue weighted by Gasteiger charge is 2.26. The first-order valence-corrected chi connectivity index (χ1v) is 8.39. The molecule has 1 aliphatic carbocycles. The zero-order valence-corrected chi connectivity index (χ0v) is 13.4. The van der Waals surface area contributed by atoms with E-state index in [0.29, 0.717) is 12.5 Å². The van der Waals surface area contributed by atoms with E-state index in [1.165, 1.54) is 19.4 Å². The van der Waals surface area contributed by atoms with Gasteiger partial charge in [0.05, 0.1) is 13.5 Å². The maximum Gasteiger partial charge on any atom is 0.227 e. The standard InChI is InChI=1S/C18H26N2O2/c1-22-17-5-3-2-4-15(17)12-18(21)20-10-8-16(9-11-20)19-13-14-6-7-14/h2-5,14,16,19H,6-13H2,1H3. The zero-order valence-electron chi connectivity index (χ0n) is 13.4. The lowest BCUT2D eigenvalue weighted by atomic mass is 10.0. The summed E-state index contributed by atoms with van der Waals surface area (Å²) in [6, 6.07) is 8.37. The molecule has 4 nitrogen and oxygen atoms in total. The molecule has 1 aliphatic heterocycles. The van der Waals surface area contributed by atoms with Crippen LogP contribution in [0.2, 0.25) is 0 Å². The fourth-order valence-electron chi connectivity index (χ4n) is 3.11. The van der Waals surface area contributed by atoms with Crippen molar-refractivity contribution in [1.29, 1.82) is 0 Å². The molecule has 0 atom stereocenters. The minimum Gasteiger partial charge on any atom is -0.496 e. The lowest BCUT2D eigenvalue weighted by Gasteiger charge is -2.32. The van der Waals surface area contributed by atoms with Crippen LogP contribution in [0.3, 0.4) is 0 Å². The molecular weight excluding hydrogens is 276 g/mol. The molecule has 120 valence electrons. The van der Waals surface area contributed by atoms with Crippen LogP contribution in [-0.2, 0) is 11.2 Å². The molecule has 0 radical (unpaired) electrons. The molecule has 1 aromatic carbocycles. The largest absolute Gasteiger partial charge is 0.496 e. The highest BCUT2D eigenvalue weighted by molar-refractivity contribution is 5.79. The number of para-hydroxylation sites is 1. The summed E-state index contributed by atoms with van der Waals surface area (Å²) in [6.45, 7) is 2.91. The molecular formula is C18H26N2O2. The molecule has 3 rings (SSSR count). The van der Waals surface area contributed by atoms with Crippen molar-refractivity contribution < 1.29 is 9.53 Å². The summed E-state index contributed by atoms with van der Waals surface area (Å²) in [5.74, 6) is 1.94. The lowest BCUT2D eigenvalue weighted by molar-refractivity contribution is -0.131. The van der Waals surface area contributed by atoms with Crippen LogP contribution < -0.4 is 10.1 Å². The van der Waals surface area contributed by atoms with Crippen LogP contribution in [0, 0.1) is 5.92 Å². The summed E-state index contributed by atoms with van der Waals surface area (Å²) in [5.41, 5.74) is 0.976. The third-order valence-electron chi connectivity index (χ3n) is 4.77. The summed E-state index contributed by atoms with van der Waals surface area (Å²) in [7, 11) is 1.65. The van der Waals surface area contributed by atoms with Gasteiger partial charge < -0.3 is 15.0 Å². The molecule has 1 saturated heterocycles. The predicted octanol–water partition coefficient (Wildman–Crippen LogP) is 2.23. The summed E-state index contributed by atoms with van der Waals surface area (Å²) in [6.07, 6.45) is 5.37. The average Bonchev–Trinajstić information content (AvgIpc) is 3.38. The van der Waals surface area contributed by atoms with Gasteiger partial charge in [0.1, 0.15) is 5.75 Å². The van der Waals surface area contributed by atoms with Crippen LogP contribution in [0.4, 0.5) is 0 Å². The Balaban J connectivity index is 1.46. The van der Waals surface area contributed by atoms with E-state index in [1.807, 2.05) is 29.2 Å². The van der Waals surface area contributed by atoms with Crippen LogP contribution in [0.1, 0.15) is 31.2 Å². The van der Waals surface area contributed by atoms with E-state index in [2.05, 4.69) is 5.32 Å². The summed E-state index contributed by atoms with van der Waals surface area (Å²) >= 11 is 0. The van der Waals surface area contributed by atoms with Gasteiger partial charge in [-0.3, -0.25) is 4.79 Å². The van der Waals surface area contributed by atoms with Gasteiger partial charge >= 0.3 is 0 Å². The fraction of sp³-hybridized carbons (Fsp3) is 0.611. The molecule has 4 heteroatoms. The quantitative estimate of drug-likeness (QED) is 0.876. The van der Waals surface area contributed by atoms with E-state index in [-0.39, 0.29) is 5.91 Å². The number of hydrogen-bond donors (Lipinski definition) is 1. The smallest absolute Gasteiger partial charge is 0.227 e. The second-order valence-electron chi connectivity index (χ2n) is 6.50. The molecule has 1 aromatic rings. The Morgan fingerprint density at radius 2 is 1.95 bits per heavy atom. The summed E-state index contributed by atoms with van der Waals surface area (Å²) < 4.78 is 5.33. The van der Waals surface area contributed by atoms with E-state index in [4.69, 9.17) is 4.74 Å². The average molecular weight is 302 g/mol. The van der Waals surface area contributed by atoms with Gasteiger partial charge in [0, 0.05) is 24.7 Å². The SMILES string of the molecule is COc1ccccc1CC(=O)N1CCC(NCC2CC2)CC1. The number of amides is 1. The Bertz CT molecular complexity index is 506. The number of carbonyl (C=O) groups excluding carboxylic acids is 1. The van der Waals surface area contributed by atoms with E-state index in [0.717, 1.165) is 43.2 Å². The number of piperidine rings is 1.